The topological polar surface area (TPSA) is 240 Å². The number of ether oxygens (including phenoxy) is 3. The first-order chi connectivity index (χ1) is 19.4. The summed E-state index contributed by atoms with van der Waals surface area (Å²) in [5.41, 5.74) is -1.05. The van der Waals surface area contributed by atoms with E-state index in [-0.39, 0.29) is 28.0 Å². The third kappa shape index (κ3) is 5.14. The molecule has 9 N–H and O–H groups in total. The van der Waals surface area contributed by atoms with Crippen LogP contribution in [0.3, 0.4) is 0 Å². The highest BCUT2D eigenvalue weighted by molar-refractivity contribution is 5.89. The van der Waals surface area contributed by atoms with Gasteiger partial charge in [-0.2, -0.15) is 0 Å². The zero-order chi connectivity index (χ0) is 29.7. The maximum Gasteiger partial charge on any atom is 0.197 e. The number of aromatic hydroxyl groups is 3. The van der Waals surface area contributed by atoms with E-state index in [1.165, 1.54) is 31.2 Å². The van der Waals surface area contributed by atoms with E-state index in [9.17, 15) is 50.8 Å². The zero-order valence-electron chi connectivity index (χ0n) is 21.5. The molecule has 2 aromatic carbocycles. The maximum atomic E-state index is 13.0. The minimum Gasteiger partial charge on any atom is -0.508 e. The van der Waals surface area contributed by atoms with Crippen molar-refractivity contribution in [2.24, 2.45) is 0 Å². The molecular formula is C27H30O14. The van der Waals surface area contributed by atoms with E-state index >= 15 is 0 Å². The van der Waals surface area contributed by atoms with Crippen LogP contribution >= 0.6 is 0 Å². The lowest BCUT2D eigenvalue weighted by atomic mass is 9.89. The van der Waals surface area contributed by atoms with Gasteiger partial charge in [-0.3, -0.25) is 4.79 Å². The van der Waals surface area contributed by atoms with Gasteiger partial charge in [-0.25, -0.2) is 0 Å². The number of aliphatic hydroxyl groups excluding tert-OH is 6. The van der Waals surface area contributed by atoms with Gasteiger partial charge in [-0.05, 0) is 31.2 Å². The van der Waals surface area contributed by atoms with E-state index in [0.29, 0.717) is 5.56 Å². The third-order valence-corrected chi connectivity index (χ3v) is 7.40. The van der Waals surface area contributed by atoms with Gasteiger partial charge in [0.1, 0.15) is 77.2 Å². The molecule has 0 spiro atoms. The molecular weight excluding hydrogens is 548 g/mol. The molecule has 0 saturated carbocycles. The van der Waals surface area contributed by atoms with E-state index in [4.69, 9.17) is 18.6 Å². The third-order valence-electron chi connectivity index (χ3n) is 7.40. The Bertz CT molecular complexity index is 1450. The number of rotatable bonds is 5. The van der Waals surface area contributed by atoms with Gasteiger partial charge in [0.05, 0.1) is 18.3 Å². The van der Waals surface area contributed by atoms with E-state index < -0.39 is 84.8 Å². The summed E-state index contributed by atoms with van der Waals surface area (Å²) in [6.45, 7) is 0.616. The molecule has 2 fully saturated rings. The summed E-state index contributed by atoms with van der Waals surface area (Å²) in [6, 6.07) is 7.55. The highest BCUT2D eigenvalue weighted by Crippen LogP contribution is 2.44. The number of benzene rings is 2. The SMILES string of the molecule is C[C@@H]1O[C@@H](O[C@H]2[C@H](O)[C@@H](O)C(c3c(O)cc(O)c4c(=O)cc(-c5ccc(O)cc5)oc34)O[C@@H]2CO)[C@H](O)[C@H](O)[C@H]1O. The van der Waals surface area contributed by atoms with Crippen molar-refractivity contribution in [2.75, 3.05) is 6.61 Å². The molecule has 1 aromatic heterocycles. The molecule has 14 heteroatoms. The summed E-state index contributed by atoms with van der Waals surface area (Å²) in [5, 5.41) is 93.0. The molecule has 3 heterocycles. The smallest absolute Gasteiger partial charge is 0.197 e. The molecule has 3 aromatic rings. The van der Waals surface area contributed by atoms with Crippen molar-refractivity contribution in [1.29, 1.82) is 0 Å². The average molecular weight is 579 g/mol. The molecule has 0 bridgehead atoms. The van der Waals surface area contributed by atoms with Crippen LogP contribution < -0.4 is 5.43 Å². The molecule has 0 amide bonds. The Kier molecular flexibility index (Phi) is 7.95. The number of aliphatic hydroxyl groups is 6. The molecule has 41 heavy (non-hydrogen) atoms. The fourth-order valence-corrected chi connectivity index (χ4v) is 5.14. The number of phenolic OH excluding ortho intramolecular Hbond substituents is 3. The molecule has 5 rings (SSSR count). The van der Waals surface area contributed by atoms with Crippen LogP contribution in [-0.2, 0) is 14.2 Å². The largest absolute Gasteiger partial charge is 0.508 e. The fraction of sp³-hybridized carbons (Fsp3) is 0.444. The Morgan fingerprint density at radius 1 is 0.829 bits per heavy atom. The summed E-state index contributed by atoms with van der Waals surface area (Å²) in [6.07, 6.45) is -15.7. The van der Waals surface area contributed by atoms with Crippen molar-refractivity contribution in [2.45, 2.75) is 68.1 Å². The van der Waals surface area contributed by atoms with E-state index in [1.807, 2.05) is 0 Å². The summed E-state index contributed by atoms with van der Waals surface area (Å²) in [7, 11) is 0. The van der Waals surface area contributed by atoms with E-state index in [0.717, 1.165) is 12.1 Å². The predicted molar refractivity (Wildman–Crippen MR) is 137 cm³/mol. The summed E-state index contributed by atoms with van der Waals surface area (Å²) >= 11 is 0. The summed E-state index contributed by atoms with van der Waals surface area (Å²) < 4.78 is 22.7. The second-order valence-corrected chi connectivity index (χ2v) is 10.1. The quantitative estimate of drug-likeness (QED) is 0.175. The Labute approximate surface area is 231 Å². The molecule has 222 valence electrons. The highest BCUT2D eigenvalue weighted by Gasteiger charge is 2.51. The van der Waals surface area contributed by atoms with E-state index in [1.54, 1.807) is 0 Å². The first-order valence-electron chi connectivity index (χ1n) is 12.7. The number of phenols is 3. The average Bonchev–Trinajstić information content (AvgIpc) is 2.93. The minimum atomic E-state index is -1.89. The minimum absolute atomic E-state index is 0.0159. The van der Waals surface area contributed by atoms with Gasteiger partial charge < -0.3 is 64.6 Å². The van der Waals surface area contributed by atoms with Crippen LogP contribution in [0.2, 0.25) is 0 Å². The Morgan fingerprint density at radius 2 is 1.51 bits per heavy atom. The lowest BCUT2D eigenvalue weighted by Crippen LogP contribution is -2.62. The molecule has 0 aliphatic carbocycles. The van der Waals surface area contributed by atoms with Gasteiger partial charge in [-0.15, -0.1) is 0 Å². The van der Waals surface area contributed by atoms with Gasteiger partial charge in [0.25, 0.3) is 0 Å². The maximum absolute atomic E-state index is 13.0. The fourth-order valence-electron chi connectivity index (χ4n) is 5.14. The van der Waals surface area contributed by atoms with Crippen molar-refractivity contribution >= 4 is 11.0 Å². The molecule has 10 atom stereocenters. The molecule has 14 nitrogen and oxygen atoms in total. The number of hydrogen-bond donors (Lipinski definition) is 9. The lowest BCUT2D eigenvalue weighted by molar-refractivity contribution is -0.338. The van der Waals surface area contributed by atoms with Crippen LogP contribution in [0.4, 0.5) is 0 Å². The second-order valence-electron chi connectivity index (χ2n) is 10.1. The van der Waals surface area contributed by atoms with Crippen LogP contribution in [0.5, 0.6) is 17.2 Å². The van der Waals surface area contributed by atoms with Gasteiger partial charge in [-0.1, -0.05) is 0 Å². The normalized spacial score (nSPS) is 34.1. The van der Waals surface area contributed by atoms with E-state index in [2.05, 4.69) is 0 Å². The van der Waals surface area contributed by atoms with Crippen molar-refractivity contribution in [3.05, 3.63) is 52.2 Å². The molecule has 2 aliphatic rings. The Balaban J connectivity index is 1.54. The van der Waals surface area contributed by atoms with Gasteiger partial charge in [0.2, 0.25) is 0 Å². The molecule has 0 radical (unpaired) electrons. The Morgan fingerprint density at radius 3 is 2.17 bits per heavy atom. The van der Waals surface area contributed by atoms with Crippen molar-refractivity contribution in [1.82, 2.24) is 0 Å². The van der Waals surface area contributed by atoms with Crippen molar-refractivity contribution in [3.8, 4) is 28.6 Å². The van der Waals surface area contributed by atoms with Crippen molar-refractivity contribution in [3.63, 3.8) is 0 Å². The van der Waals surface area contributed by atoms with Gasteiger partial charge in [0, 0.05) is 17.7 Å². The Hall–Kier alpha value is -3.31. The zero-order valence-corrected chi connectivity index (χ0v) is 21.5. The first-order valence-corrected chi connectivity index (χ1v) is 12.7. The van der Waals surface area contributed by atoms with Crippen molar-refractivity contribution < 1.29 is 64.6 Å². The summed E-state index contributed by atoms with van der Waals surface area (Å²) in [4.78, 5) is 13.0. The number of fused-ring (bicyclic) bond motifs is 1. The highest BCUT2D eigenvalue weighted by atomic mass is 16.7. The van der Waals surface area contributed by atoms with Gasteiger partial charge in [0.15, 0.2) is 17.3 Å². The van der Waals surface area contributed by atoms with Crippen LogP contribution in [0.15, 0.2) is 45.6 Å². The summed E-state index contributed by atoms with van der Waals surface area (Å²) in [5.74, 6) is -1.35. The number of hydrogen-bond acceptors (Lipinski definition) is 14. The monoisotopic (exact) mass is 578 g/mol. The molecule has 2 aliphatic heterocycles. The van der Waals surface area contributed by atoms with Crippen LogP contribution in [0.1, 0.15) is 18.6 Å². The van der Waals surface area contributed by atoms with Gasteiger partial charge >= 0.3 is 0 Å². The second kappa shape index (κ2) is 11.2. The molecule has 1 unspecified atom stereocenters. The van der Waals surface area contributed by atoms with Crippen LogP contribution in [-0.4, -0.2) is 108 Å². The van der Waals surface area contributed by atoms with Crippen LogP contribution in [0.25, 0.3) is 22.3 Å². The predicted octanol–water partition coefficient (Wildman–Crippen LogP) is -1.06. The van der Waals surface area contributed by atoms with Crippen LogP contribution in [0, 0.1) is 0 Å². The standard InChI is InChI=1S/C27H30O14/c1-9-19(33)20(34)23(37)27(38-9)41-24-16(8-28)40-26(22(36)21(24)35)18-13(31)6-12(30)17-14(32)7-15(39-25(17)18)10-2-4-11(29)5-3-10/h2-7,9,16,19-24,26-31,33-37H,8H2,1H3/t9-,16+,19-,20+,21+,22+,23+,24+,26?,27-/m0/s1. The first kappa shape index (κ1) is 29.2. The lowest BCUT2D eigenvalue weighted by Gasteiger charge is -2.46. The molecule has 2 saturated heterocycles.